The molecular weight excluding hydrogens is 316 g/mol. The van der Waals surface area contributed by atoms with E-state index in [2.05, 4.69) is 15.2 Å². The van der Waals surface area contributed by atoms with Gasteiger partial charge in [0.15, 0.2) is 6.33 Å². The zero-order valence-corrected chi connectivity index (χ0v) is 13.0. The summed E-state index contributed by atoms with van der Waals surface area (Å²) >= 11 is 0. The molecule has 0 bridgehead atoms. The largest absolute Gasteiger partial charge is 0.465 e. The van der Waals surface area contributed by atoms with Gasteiger partial charge in [0, 0.05) is 32.1 Å². The summed E-state index contributed by atoms with van der Waals surface area (Å²) in [6.45, 7) is 1.44. The molecule has 1 unspecified atom stereocenters. The van der Waals surface area contributed by atoms with Crippen LogP contribution in [-0.4, -0.2) is 67.0 Å². The van der Waals surface area contributed by atoms with Gasteiger partial charge >= 0.3 is 6.09 Å². The zero-order chi connectivity index (χ0) is 16.8. The van der Waals surface area contributed by atoms with Gasteiger partial charge in [0.25, 0.3) is 5.91 Å². The Morgan fingerprint density at radius 2 is 2.25 bits per heavy atom. The third-order valence-electron chi connectivity index (χ3n) is 4.54. The van der Waals surface area contributed by atoms with E-state index < -0.39 is 6.09 Å². The maximum absolute atomic E-state index is 12.8. The maximum Gasteiger partial charge on any atom is 0.407 e. The lowest BCUT2D eigenvalue weighted by Gasteiger charge is -2.24. The highest BCUT2D eigenvalue weighted by Crippen LogP contribution is 2.28. The van der Waals surface area contributed by atoms with E-state index in [0.717, 1.165) is 5.69 Å². The van der Waals surface area contributed by atoms with E-state index in [0.29, 0.717) is 43.2 Å². The van der Waals surface area contributed by atoms with Gasteiger partial charge < -0.3 is 19.4 Å². The Morgan fingerprint density at radius 3 is 2.96 bits per heavy atom. The molecule has 2 amide bonds. The number of amides is 2. The summed E-state index contributed by atoms with van der Waals surface area (Å²) in [7, 11) is 1.71. The third-order valence-corrected chi connectivity index (χ3v) is 4.54. The second kappa shape index (κ2) is 5.32. The van der Waals surface area contributed by atoms with Crippen molar-refractivity contribution in [3.05, 3.63) is 29.2 Å². The van der Waals surface area contributed by atoms with Gasteiger partial charge in [-0.3, -0.25) is 9.48 Å². The van der Waals surface area contributed by atoms with Crippen LogP contribution in [0.15, 0.2) is 10.9 Å². The molecular formula is C14H16N6O4. The predicted octanol–water partition coefficient (Wildman–Crippen LogP) is 0.172. The Kier molecular flexibility index (Phi) is 3.25. The summed E-state index contributed by atoms with van der Waals surface area (Å²) < 4.78 is 6.81. The van der Waals surface area contributed by atoms with Crippen LogP contribution in [0.1, 0.15) is 33.6 Å². The third kappa shape index (κ3) is 2.22. The van der Waals surface area contributed by atoms with Crippen molar-refractivity contribution in [1.29, 1.82) is 0 Å². The van der Waals surface area contributed by atoms with E-state index in [1.165, 1.54) is 11.2 Å². The molecule has 10 nitrogen and oxygen atoms in total. The van der Waals surface area contributed by atoms with Crippen molar-refractivity contribution in [2.45, 2.75) is 25.4 Å². The van der Waals surface area contributed by atoms with Gasteiger partial charge in [-0.15, -0.1) is 0 Å². The van der Waals surface area contributed by atoms with Crippen molar-refractivity contribution >= 4 is 12.0 Å². The minimum absolute atomic E-state index is 0.153. The van der Waals surface area contributed by atoms with E-state index in [4.69, 9.17) is 4.52 Å². The molecule has 0 spiro atoms. The number of rotatable bonds is 1. The number of carboxylic acid groups (broad SMARTS) is 1. The number of carbonyl (C=O) groups excluding carboxylic acids is 1. The van der Waals surface area contributed by atoms with Crippen LogP contribution in [0.2, 0.25) is 0 Å². The Balaban J connectivity index is 1.75. The fraction of sp³-hybridized carbons (Fsp3) is 0.500. The molecule has 2 aliphatic rings. The zero-order valence-electron chi connectivity index (χ0n) is 13.0. The van der Waals surface area contributed by atoms with Crippen LogP contribution in [0.3, 0.4) is 0 Å². The van der Waals surface area contributed by atoms with Crippen molar-refractivity contribution in [1.82, 2.24) is 29.7 Å². The summed E-state index contributed by atoms with van der Waals surface area (Å²) in [5.74, 6) is 0.140. The van der Waals surface area contributed by atoms with Gasteiger partial charge in [-0.2, -0.15) is 10.1 Å². The van der Waals surface area contributed by atoms with Crippen LogP contribution in [0.4, 0.5) is 4.79 Å². The summed E-state index contributed by atoms with van der Waals surface area (Å²) in [6.07, 6.45) is 0.852. The van der Waals surface area contributed by atoms with E-state index in [-0.39, 0.29) is 18.4 Å². The number of hydrogen-bond donors (Lipinski definition) is 1. The molecule has 1 atom stereocenters. The number of carbonyl (C=O) groups is 2. The van der Waals surface area contributed by atoms with Gasteiger partial charge in [-0.05, 0) is 0 Å². The van der Waals surface area contributed by atoms with Crippen LogP contribution in [-0.2, 0) is 19.5 Å². The topological polar surface area (TPSA) is 118 Å². The lowest BCUT2D eigenvalue weighted by molar-refractivity contribution is 0.0784. The second-order valence-electron chi connectivity index (χ2n) is 6.07. The Hall–Kier alpha value is -2.91. The van der Waals surface area contributed by atoms with E-state index in [9.17, 15) is 14.7 Å². The van der Waals surface area contributed by atoms with Crippen molar-refractivity contribution in [2.24, 2.45) is 0 Å². The van der Waals surface area contributed by atoms with Gasteiger partial charge in [0.1, 0.15) is 5.69 Å². The fourth-order valence-electron chi connectivity index (χ4n) is 3.34. The lowest BCUT2D eigenvalue weighted by Crippen LogP contribution is -2.36. The summed E-state index contributed by atoms with van der Waals surface area (Å²) in [5.41, 5.74) is 1.95. The Labute approximate surface area is 136 Å². The molecule has 0 aliphatic carbocycles. The first-order valence-electron chi connectivity index (χ1n) is 7.63. The average Bonchev–Trinajstić information content (AvgIpc) is 3.17. The smallest absolute Gasteiger partial charge is 0.407 e. The number of fused-ring (bicyclic) bond motifs is 3. The van der Waals surface area contributed by atoms with E-state index in [1.54, 1.807) is 16.6 Å². The van der Waals surface area contributed by atoms with Gasteiger partial charge in [-0.1, -0.05) is 5.16 Å². The highest BCUT2D eigenvalue weighted by molar-refractivity contribution is 5.94. The number of likely N-dealkylation sites (N-methyl/N-ethyl adjacent to an activating group) is 1. The SMILES string of the molecule is CN1CC(c2ncno2)Cn2nc3c(c2C1=O)CN(C(=O)O)CC3. The van der Waals surface area contributed by atoms with Gasteiger partial charge in [0.2, 0.25) is 5.89 Å². The molecule has 1 N–H and O–H groups in total. The van der Waals surface area contributed by atoms with Crippen LogP contribution < -0.4 is 0 Å². The molecule has 24 heavy (non-hydrogen) atoms. The first-order valence-corrected chi connectivity index (χ1v) is 7.63. The maximum atomic E-state index is 12.8. The van der Waals surface area contributed by atoms with Crippen molar-refractivity contribution in [3.63, 3.8) is 0 Å². The van der Waals surface area contributed by atoms with Crippen molar-refractivity contribution < 1.29 is 19.2 Å². The van der Waals surface area contributed by atoms with E-state index in [1.807, 2.05) is 0 Å². The molecule has 0 saturated heterocycles. The minimum atomic E-state index is -0.987. The highest BCUT2D eigenvalue weighted by Gasteiger charge is 2.36. The summed E-state index contributed by atoms with van der Waals surface area (Å²) in [6, 6.07) is 0. The molecule has 2 aromatic heterocycles. The van der Waals surface area contributed by atoms with E-state index >= 15 is 0 Å². The molecule has 0 saturated carbocycles. The summed E-state index contributed by atoms with van der Waals surface area (Å²) in [4.78, 5) is 31.0. The molecule has 4 heterocycles. The lowest BCUT2D eigenvalue weighted by atomic mass is 10.1. The number of nitrogens with zero attached hydrogens (tertiary/aromatic N) is 6. The molecule has 2 aliphatic heterocycles. The Morgan fingerprint density at radius 1 is 1.42 bits per heavy atom. The number of hydrogen-bond acceptors (Lipinski definition) is 6. The summed E-state index contributed by atoms with van der Waals surface area (Å²) in [5, 5.41) is 17.4. The Bertz CT molecular complexity index is 799. The van der Waals surface area contributed by atoms with Gasteiger partial charge in [0.05, 0.1) is 24.7 Å². The van der Waals surface area contributed by atoms with Gasteiger partial charge in [-0.25, -0.2) is 4.79 Å². The standard InChI is InChI=1S/C14H16N6O4/c1-18-4-8(12-15-7-16-24-12)5-20-11(13(18)21)9-6-19(14(22)23)3-2-10(9)17-20/h7-8H,2-6H2,1H3,(H,22,23). The van der Waals surface area contributed by atoms with Crippen LogP contribution in [0, 0.1) is 0 Å². The highest BCUT2D eigenvalue weighted by atomic mass is 16.5. The average molecular weight is 332 g/mol. The molecule has 126 valence electrons. The quantitative estimate of drug-likeness (QED) is 0.791. The minimum Gasteiger partial charge on any atom is -0.465 e. The number of aromatic nitrogens is 4. The first kappa shape index (κ1) is 14.7. The molecule has 2 aromatic rings. The van der Waals surface area contributed by atoms with Crippen LogP contribution >= 0.6 is 0 Å². The molecule has 10 heteroatoms. The molecule has 0 aromatic carbocycles. The fourth-order valence-corrected chi connectivity index (χ4v) is 3.34. The van der Waals surface area contributed by atoms with Crippen LogP contribution in [0.25, 0.3) is 0 Å². The molecule has 0 fully saturated rings. The normalized spacial score (nSPS) is 20.5. The molecule has 0 radical (unpaired) electrons. The van der Waals surface area contributed by atoms with Crippen molar-refractivity contribution in [2.75, 3.05) is 20.1 Å². The van der Waals surface area contributed by atoms with Crippen LogP contribution in [0.5, 0.6) is 0 Å². The predicted molar refractivity (Wildman–Crippen MR) is 78.4 cm³/mol. The van der Waals surface area contributed by atoms with Crippen molar-refractivity contribution in [3.8, 4) is 0 Å². The monoisotopic (exact) mass is 332 g/mol. The second-order valence-corrected chi connectivity index (χ2v) is 6.07. The molecule has 4 rings (SSSR count). The first-order chi connectivity index (χ1) is 11.5.